The molecule has 0 saturated carbocycles. The monoisotopic (exact) mass is 206 g/mol. The average Bonchev–Trinajstić information content (AvgIpc) is 2.19. The minimum atomic E-state index is -0.264. The molecule has 0 N–H and O–H groups in total. The van der Waals surface area contributed by atoms with E-state index in [1.54, 1.807) is 0 Å². The van der Waals surface area contributed by atoms with E-state index in [1.807, 2.05) is 18.2 Å². The number of hydrogen-bond acceptors (Lipinski definition) is 2. The maximum absolute atomic E-state index is 11.3. The molecule has 0 aliphatic rings. The van der Waals surface area contributed by atoms with Gasteiger partial charge >= 0.3 is 5.97 Å². The highest BCUT2D eigenvalue weighted by molar-refractivity contribution is 5.89. The zero-order valence-electron chi connectivity index (χ0n) is 9.83. The van der Waals surface area contributed by atoms with Crippen LogP contribution in [0.4, 0.5) is 0 Å². The van der Waals surface area contributed by atoms with Crippen LogP contribution in [0.3, 0.4) is 0 Å². The van der Waals surface area contributed by atoms with Gasteiger partial charge < -0.3 is 4.74 Å². The lowest BCUT2D eigenvalue weighted by Gasteiger charge is -2.10. The Morgan fingerprint density at radius 2 is 2.07 bits per heavy atom. The van der Waals surface area contributed by atoms with E-state index in [9.17, 15) is 4.79 Å². The SMILES string of the molecule is COC(=O)c1ccc(C)c(CC(C)C)c1. The summed E-state index contributed by atoms with van der Waals surface area (Å²) in [6.45, 7) is 6.41. The number of hydrogen-bond donors (Lipinski definition) is 0. The summed E-state index contributed by atoms with van der Waals surface area (Å²) in [5.41, 5.74) is 3.10. The number of rotatable bonds is 3. The molecule has 0 radical (unpaired) electrons. The summed E-state index contributed by atoms with van der Waals surface area (Å²) < 4.78 is 4.70. The maximum atomic E-state index is 11.3. The van der Waals surface area contributed by atoms with Crippen molar-refractivity contribution in [2.75, 3.05) is 7.11 Å². The van der Waals surface area contributed by atoms with E-state index in [2.05, 4.69) is 20.8 Å². The first-order chi connectivity index (χ1) is 7.04. The third-order valence-corrected chi connectivity index (χ3v) is 2.40. The Kier molecular flexibility index (Phi) is 3.89. The average molecular weight is 206 g/mol. The van der Waals surface area contributed by atoms with Gasteiger partial charge in [0, 0.05) is 0 Å². The van der Waals surface area contributed by atoms with Gasteiger partial charge in [-0.25, -0.2) is 4.79 Å². The molecule has 0 amide bonds. The van der Waals surface area contributed by atoms with Gasteiger partial charge in [-0.2, -0.15) is 0 Å². The van der Waals surface area contributed by atoms with Crippen LogP contribution in [0.1, 0.15) is 35.3 Å². The van der Waals surface area contributed by atoms with Crippen molar-refractivity contribution in [1.82, 2.24) is 0 Å². The number of benzene rings is 1. The van der Waals surface area contributed by atoms with Gasteiger partial charge in [0.2, 0.25) is 0 Å². The molecule has 0 atom stereocenters. The van der Waals surface area contributed by atoms with Gasteiger partial charge in [0.1, 0.15) is 0 Å². The molecule has 0 spiro atoms. The molecule has 0 unspecified atom stereocenters. The quantitative estimate of drug-likeness (QED) is 0.711. The first-order valence-electron chi connectivity index (χ1n) is 5.22. The fourth-order valence-electron chi connectivity index (χ4n) is 1.58. The lowest BCUT2D eigenvalue weighted by molar-refractivity contribution is 0.0600. The molecule has 1 rings (SSSR count). The Balaban J connectivity index is 2.99. The molecule has 2 nitrogen and oxygen atoms in total. The second-order valence-electron chi connectivity index (χ2n) is 4.23. The first kappa shape index (κ1) is 11.8. The Morgan fingerprint density at radius 3 is 2.60 bits per heavy atom. The van der Waals surface area contributed by atoms with Crippen molar-refractivity contribution in [3.05, 3.63) is 34.9 Å². The molecule has 0 bridgehead atoms. The largest absolute Gasteiger partial charge is 0.465 e. The number of ether oxygens (including phenoxy) is 1. The van der Waals surface area contributed by atoms with Crippen LogP contribution in [0.2, 0.25) is 0 Å². The molecule has 0 heterocycles. The highest BCUT2D eigenvalue weighted by Crippen LogP contribution is 2.16. The van der Waals surface area contributed by atoms with E-state index >= 15 is 0 Å². The highest BCUT2D eigenvalue weighted by Gasteiger charge is 2.08. The zero-order valence-corrected chi connectivity index (χ0v) is 9.83. The predicted molar refractivity (Wildman–Crippen MR) is 61.1 cm³/mol. The smallest absolute Gasteiger partial charge is 0.337 e. The number of carbonyl (C=O) groups excluding carboxylic acids is 1. The van der Waals surface area contributed by atoms with E-state index in [-0.39, 0.29) is 5.97 Å². The summed E-state index contributed by atoms with van der Waals surface area (Å²) in [4.78, 5) is 11.3. The molecule has 1 aromatic rings. The Morgan fingerprint density at radius 1 is 1.40 bits per heavy atom. The molecule has 82 valence electrons. The lowest BCUT2D eigenvalue weighted by Crippen LogP contribution is -2.04. The summed E-state index contributed by atoms with van der Waals surface area (Å²) in [7, 11) is 1.41. The van der Waals surface area contributed by atoms with Gasteiger partial charge in [-0.3, -0.25) is 0 Å². The van der Waals surface area contributed by atoms with Crippen LogP contribution in [-0.2, 0) is 11.2 Å². The Bertz CT molecular complexity index is 354. The van der Waals surface area contributed by atoms with Crippen LogP contribution >= 0.6 is 0 Å². The van der Waals surface area contributed by atoms with Crippen molar-refractivity contribution in [2.24, 2.45) is 5.92 Å². The van der Waals surface area contributed by atoms with Crippen molar-refractivity contribution in [1.29, 1.82) is 0 Å². The molecule has 0 aromatic heterocycles. The van der Waals surface area contributed by atoms with E-state index < -0.39 is 0 Å². The van der Waals surface area contributed by atoms with Crippen molar-refractivity contribution in [3.8, 4) is 0 Å². The Hall–Kier alpha value is -1.31. The van der Waals surface area contributed by atoms with Crippen LogP contribution in [0.5, 0.6) is 0 Å². The molecular weight excluding hydrogens is 188 g/mol. The zero-order chi connectivity index (χ0) is 11.4. The minimum absolute atomic E-state index is 0.264. The van der Waals surface area contributed by atoms with Crippen molar-refractivity contribution in [2.45, 2.75) is 27.2 Å². The van der Waals surface area contributed by atoms with Gasteiger partial charge in [-0.05, 0) is 42.5 Å². The van der Waals surface area contributed by atoms with Gasteiger partial charge in [-0.1, -0.05) is 19.9 Å². The topological polar surface area (TPSA) is 26.3 Å². The van der Waals surface area contributed by atoms with Crippen molar-refractivity contribution >= 4 is 5.97 Å². The van der Waals surface area contributed by atoms with E-state index in [0.717, 1.165) is 6.42 Å². The van der Waals surface area contributed by atoms with E-state index in [4.69, 9.17) is 4.74 Å². The fourth-order valence-corrected chi connectivity index (χ4v) is 1.58. The number of carbonyl (C=O) groups is 1. The molecule has 0 aliphatic heterocycles. The standard InChI is InChI=1S/C13H18O2/c1-9(2)7-12-8-11(13(14)15-4)6-5-10(12)3/h5-6,8-9H,7H2,1-4H3. The Labute approximate surface area is 91.3 Å². The summed E-state index contributed by atoms with van der Waals surface area (Å²) >= 11 is 0. The number of methoxy groups -OCH3 is 1. The predicted octanol–water partition coefficient (Wildman–Crippen LogP) is 2.98. The summed E-state index contributed by atoms with van der Waals surface area (Å²) in [6, 6.07) is 5.72. The van der Waals surface area contributed by atoms with Gasteiger partial charge in [0.25, 0.3) is 0 Å². The van der Waals surface area contributed by atoms with Crippen LogP contribution in [0.25, 0.3) is 0 Å². The van der Waals surface area contributed by atoms with Gasteiger partial charge in [0.15, 0.2) is 0 Å². The molecule has 0 aliphatic carbocycles. The fraction of sp³-hybridized carbons (Fsp3) is 0.462. The summed E-state index contributed by atoms with van der Waals surface area (Å²) in [5.74, 6) is 0.330. The molecule has 0 fully saturated rings. The summed E-state index contributed by atoms with van der Waals surface area (Å²) in [6.07, 6.45) is 0.997. The molecule has 1 aromatic carbocycles. The second kappa shape index (κ2) is 4.96. The van der Waals surface area contributed by atoms with Crippen LogP contribution in [0.15, 0.2) is 18.2 Å². The van der Waals surface area contributed by atoms with Gasteiger partial charge in [0.05, 0.1) is 12.7 Å². The molecule has 2 heteroatoms. The highest BCUT2D eigenvalue weighted by atomic mass is 16.5. The molecule has 0 saturated heterocycles. The van der Waals surface area contributed by atoms with Crippen molar-refractivity contribution in [3.63, 3.8) is 0 Å². The summed E-state index contributed by atoms with van der Waals surface area (Å²) in [5, 5.41) is 0. The second-order valence-corrected chi connectivity index (χ2v) is 4.23. The van der Waals surface area contributed by atoms with Crippen LogP contribution < -0.4 is 0 Å². The van der Waals surface area contributed by atoms with Crippen LogP contribution in [0, 0.1) is 12.8 Å². The molecular formula is C13H18O2. The van der Waals surface area contributed by atoms with E-state index in [0.29, 0.717) is 11.5 Å². The third kappa shape index (κ3) is 3.08. The van der Waals surface area contributed by atoms with Gasteiger partial charge in [-0.15, -0.1) is 0 Å². The molecule has 15 heavy (non-hydrogen) atoms. The lowest BCUT2D eigenvalue weighted by atomic mass is 9.97. The third-order valence-electron chi connectivity index (χ3n) is 2.40. The normalized spacial score (nSPS) is 10.5. The first-order valence-corrected chi connectivity index (χ1v) is 5.22. The number of aryl methyl sites for hydroxylation is 1. The van der Waals surface area contributed by atoms with E-state index in [1.165, 1.54) is 18.2 Å². The number of esters is 1. The van der Waals surface area contributed by atoms with Crippen molar-refractivity contribution < 1.29 is 9.53 Å². The minimum Gasteiger partial charge on any atom is -0.465 e. The maximum Gasteiger partial charge on any atom is 0.337 e. The van der Waals surface area contributed by atoms with Crippen LogP contribution in [-0.4, -0.2) is 13.1 Å².